The molecular formula is C9H14MnO4. The zero-order chi connectivity index (χ0) is 10.1. The van der Waals surface area contributed by atoms with E-state index in [0.717, 1.165) is 19.3 Å². The average Bonchev–Trinajstić information content (AvgIpc) is 2.01. The molecule has 0 saturated carbocycles. The summed E-state index contributed by atoms with van der Waals surface area (Å²) in [4.78, 5) is 20.0. The molecule has 0 aliphatic rings. The van der Waals surface area contributed by atoms with Gasteiger partial charge in [-0.2, -0.15) is 0 Å². The zero-order valence-electron chi connectivity index (χ0n) is 7.96. The summed E-state index contributed by atoms with van der Waals surface area (Å²) in [5, 5.41) is 20.0. The fraction of sp³-hybridized carbons (Fsp3) is 0.778. The first-order valence-corrected chi connectivity index (χ1v) is 4.52. The third-order valence-corrected chi connectivity index (χ3v) is 1.76. The van der Waals surface area contributed by atoms with Gasteiger partial charge in [-0.3, -0.25) is 0 Å². The van der Waals surface area contributed by atoms with Gasteiger partial charge in [0.1, 0.15) is 0 Å². The van der Waals surface area contributed by atoms with Crippen LogP contribution in [-0.2, 0) is 26.7 Å². The number of hydrogen-bond donors (Lipinski definition) is 0. The van der Waals surface area contributed by atoms with Gasteiger partial charge in [-0.1, -0.05) is 19.3 Å². The first-order valence-electron chi connectivity index (χ1n) is 4.52. The van der Waals surface area contributed by atoms with Crippen molar-refractivity contribution in [3.8, 4) is 0 Å². The van der Waals surface area contributed by atoms with Crippen LogP contribution in [0.3, 0.4) is 0 Å². The van der Waals surface area contributed by atoms with E-state index in [2.05, 4.69) is 0 Å². The number of hydrogen-bond acceptors (Lipinski definition) is 4. The second-order valence-corrected chi connectivity index (χ2v) is 3.01. The molecule has 0 amide bonds. The standard InChI is InChI=1S/C9H16O4.Mn/c10-8(11)6-4-2-1-3-5-7-9(12)13;/h1-7H2,(H,10,11)(H,12,13);/q;+2/p-2. The van der Waals surface area contributed by atoms with Crippen molar-refractivity contribution in [3.05, 3.63) is 0 Å². The maximum atomic E-state index is 9.98. The molecule has 81 valence electrons. The van der Waals surface area contributed by atoms with E-state index in [1.807, 2.05) is 0 Å². The van der Waals surface area contributed by atoms with Gasteiger partial charge in [-0.05, 0) is 25.7 Å². The minimum atomic E-state index is -1.02. The van der Waals surface area contributed by atoms with Crippen LogP contribution in [0.1, 0.15) is 44.9 Å². The van der Waals surface area contributed by atoms with Crippen molar-refractivity contribution in [1.29, 1.82) is 0 Å². The minimum absolute atomic E-state index is 0. The van der Waals surface area contributed by atoms with Crippen LogP contribution in [0.15, 0.2) is 0 Å². The summed E-state index contributed by atoms with van der Waals surface area (Å²) in [6.45, 7) is 0. The van der Waals surface area contributed by atoms with E-state index in [4.69, 9.17) is 0 Å². The predicted octanol–water partition coefficient (Wildman–Crippen LogP) is -0.786. The van der Waals surface area contributed by atoms with Crippen LogP contribution in [0.2, 0.25) is 0 Å². The van der Waals surface area contributed by atoms with Crippen LogP contribution < -0.4 is 10.2 Å². The number of carbonyl (C=O) groups is 2. The molecule has 0 aromatic carbocycles. The summed E-state index contributed by atoms with van der Waals surface area (Å²) < 4.78 is 0. The van der Waals surface area contributed by atoms with Gasteiger partial charge in [-0.15, -0.1) is 0 Å². The first-order chi connectivity index (χ1) is 6.13. The molecule has 0 aromatic rings. The molecule has 0 bridgehead atoms. The van der Waals surface area contributed by atoms with Crippen LogP contribution in [0.4, 0.5) is 0 Å². The maximum Gasteiger partial charge on any atom is 2.00 e. The van der Waals surface area contributed by atoms with Crippen LogP contribution >= 0.6 is 0 Å². The van der Waals surface area contributed by atoms with Crippen LogP contribution in [0.5, 0.6) is 0 Å². The smallest absolute Gasteiger partial charge is 0.550 e. The summed E-state index contributed by atoms with van der Waals surface area (Å²) in [5.74, 6) is -2.04. The Kier molecular flexibility index (Phi) is 12.0. The predicted molar refractivity (Wildman–Crippen MR) is 42.3 cm³/mol. The molecule has 0 aromatic heterocycles. The molecule has 0 heterocycles. The third kappa shape index (κ3) is 14.0. The number of carboxylic acid groups (broad SMARTS) is 2. The van der Waals surface area contributed by atoms with Crippen molar-refractivity contribution in [2.45, 2.75) is 44.9 Å². The van der Waals surface area contributed by atoms with Crippen molar-refractivity contribution < 1.29 is 36.9 Å². The summed E-state index contributed by atoms with van der Waals surface area (Å²) in [6, 6.07) is 0. The Morgan fingerprint density at radius 2 is 1.00 bits per heavy atom. The quantitative estimate of drug-likeness (QED) is 0.412. The average molecular weight is 241 g/mol. The van der Waals surface area contributed by atoms with Crippen molar-refractivity contribution >= 4 is 11.9 Å². The van der Waals surface area contributed by atoms with Crippen LogP contribution in [-0.4, -0.2) is 11.9 Å². The van der Waals surface area contributed by atoms with E-state index >= 15 is 0 Å². The molecule has 1 radical (unpaired) electrons. The van der Waals surface area contributed by atoms with Gasteiger partial charge >= 0.3 is 17.1 Å². The Balaban J connectivity index is 0. The molecule has 4 nitrogen and oxygen atoms in total. The number of carboxylic acids is 2. The van der Waals surface area contributed by atoms with Crippen LogP contribution in [0, 0.1) is 0 Å². The van der Waals surface area contributed by atoms with E-state index < -0.39 is 11.9 Å². The molecule has 0 unspecified atom stereocenters. The summed E-state index contributed by atoms with van der Waals surface area (Å²) >= 11 is 0. The number of unbranched alkanes of at least 4 members (excludes halogenated alkanes) is 4. The molecule has 0 fully saturated rings. The molecule has 5 heteroatoms. The third-order valence-electron chi connectivity index (χ3n) is 1.76. The molecule has 0 saturated heterocycles. The molecular weight excluding hydrogens is 227 g/mol. The van der Waals surface area contributed by atoms with Gasteiger partial charge in [-0.25, -0.2) is 0 Å². The monoisotopic (exact) mass is 241 g/mol. The van der Waals surface area contributed by atoms with Crippen molar-refractivity contribution in [3.63, 3.8) is 0 Å². The summed E-state index contributed by atoms with van der Waals surface area (Å²) in [5.41, 5.74) is 0. The Labute approximate surface area is 94.2 Å². The van der Waals surface area contributed by atoms with Crippen LogP contribution in [0.25, 0.3) is 0 Å². The number of aliphatic carboxylic acids is 2. The Hall–Kier alpha value is -0.541. The minimum Gasteiger partial charge on any atom is -0.550 e. The fourth-order valence-corrected chi connectivity index (χ4v) is 1.07. The van der Waals surface area contributed by atoms with E-state index in [1.165, 1.54) is 0 Å². The van der Waals surface area contributed by atoms with E-state index in [0.29, 0.717) is 12.8 Å². The number of rotatable bonds is 8. The summed E-state index contributed by atoms with van der Waals surface area (Å²) in [6.07, 6.45) is 3.95. The first kappa shape index (κ1) is 15.9. The topological polar surface area (TPSA) is 80.3 Å². The fourth-order valence-electron chi connectivity index (χ4n) is 1.07. The van der Waals surface area contributed by atoms with E-state index in [-0.39, 0.29) is 29.9 Å². The van der Waals surface area contributed by atoms with Gasteiger partial charge in [0.2, 0.25) is 0 Å². The van der Waals surface area contributed by atoms with Gasteiger partial charge in [0, 0.05) is 11.9 Å². The Morgan fingerprint density at radius 3 is 1.29 bits per heavy atom. The molecule has 0 atom stereocenters. The van der Waals surface area contributed by atoms with Gasteiger partial charge < -0.3 is 19.8 Å². The molecule has 0 spiro atoms. The molecule has 14 heavy (non-hydrogen) atoms. The normalized spacial score (nSPS) is 9.14. The van der Waals surface area contributed by atoms with Gasteiger partial charge in [0.05, 0.1) is 0 Å². The van der Waals surface area contributed by atoms with Crippen molar-refractivity contribution in [2.75, 3.05) is 0 Å². The Bertz CT molecular complexity index is 152. The molecule has 0 N–H and O–H groups in total. The SMILES string of the molecule is O=C([O-])CCCCCCCC(=O)[O-].[Mn+2]. The summed E-state index contributed by atoms with van der Waals surface area (Å²) in [7, 11) is 0. The van der Waals surface area contributed by atoms with Gasteiger partial charge in [0.25, 0.3) is 0 Å². The molecule has 0 aliphatic heterocycles. The van der Waals surface area contributed by atoms with E-state index in [9.17, 15) is 19.8 Å². The largest absolute Gasteiger partial charge is 2.00 e. The number of carbonyl (C=O) groups excluding carboxylic acids is 2. The second kappa shape index (κ2) is 10.5. The molecule has 0 rings (SSSR count). The van der Waals surface area contributed by atoms with E-state index in [1.54, 1.807) is 0 Å². The second-order valence-electron chi connectivity index (χ2n) is 3.01. The van der Waals surface area contributed by atoms with Crippen molar-refractivity contribution in [1.82, 2.24) is 0 Å². The Morgan fingerprint density at radius 1 is 0.714 bits per heavy atom. The zero-order valence-corrected chi connectivity index (χ0v) is 9.14. The van der Waals surface area contributed by atoms with Crippen molar-refractivity contribution in [2.24, 2.45) is 0 Å². The van der Waals surface area contributed by atoms with Gasteiger partial charge in [0.15, 0.2) is 0 Å². The molecule has 0 aliphatic carbocycles. The maximum absolute atomic E-state index is 9.98.